The summed E-state index contributed by atoms with van der Waals surface area (Å²) >= 11 is 0. The maximum atomic E-state index is 12.2. The van der Waals surface area contributed by atoms with Crippen LogP contribution in [0.15, 0.2) is 24.3 Å². The second kappa shape index (κ2) is 6.81. The summed E-state index contributed by atoms with van der Waals surface area (Å²) in [6.07, 6.45) is 7.17. The third-order valence-corrected chi connectivity index (χ3v) is 4.44. The molecular weight excluding hydrogens is 278 g/mol. The predicted molar refractivity (Wildman–Crippen MR) is 86.7 cm³/mol. The fourth-order valence-electron chi connectivity index (χ4n) is 3.23. The number of benzene rings is 1. The first-order valence-corrected chi connectivity index (χ1v) is 8.18. The van der Waals surface area contributed by atoms with E-state index < -0.39 is 6.04 Å². The van der Waals surface area contributed by atoms with E-state index in [0.29, 0.717) is 0 Å². The topological polar surface area (TPSA) is 70.2 Å². The van der Waals surface area contributed by atoms with Crippen molar-refractivity contribution in [1.82, 2.24) is 5.32 Å². The van der Waals surface area contributed by atoms with Crippen molar-refractivity contribution in [1.29, 1.82) is 0 Å². The van der Waals surface area contributed by atoms with Gasteiger partial charge in [-0.25, -0.2) is 0 Å². The van der Waals surface area contributed by atoms with E-state index in [1.807, 2.05) is 24.3 Å². The Bertz CT molecular complexity index is 551. The Morgan fingerprint density at radius 1 is 1.09 bits per heavy atom. The fourth-order valence-corrected chi connectivity index (χ4v) is 3.23. The number of nitrogens with one attached hydrogen (secondary N) is 3. The predicted octanol–water partition coefficient (Wildman–Crippen LogP) is 2.65. The van der Waals surface area contributed by atoms with Gasteiger partial charge >= 0.3 is 0 Å². The minimum Gasteiger partial charge on any atom is -0.372 e. The molecule has 2 amide bonds. The minimum absolute atomic E-state index is 0.0427. The molecule has 1 saturated carbocycles. The fraction of sp³-hybridized carbons (Fsp3) is 0.529. The van der Waals surface area contributed by atoms with E-state index in [-0.39, 0.29) is 24.3 Å². The van der Waals surface area contributed by atoms with Crippen molar-refractivity contribution in [2.24, 2.45) is 0 Å². The molecule has 1 aliphatic carbocycles. The summed E-state index contributed by atoms with van der Waals surface area (Å²) in [5.74, 6) is -0.186. The average Bonchev–Trinajstić information content (AvgIpc) is 2.76. The van der Waals surface area contributed by atoms with Crippen LogP contribution in [0.4, 0.5) is 11.4 Å². The molecule has 1 heterocycles. The third kappa shape index (κ3) is 3.59. The van der Waals surface area contributed by atoms with Crippen LogP contribution in [-0.4, -0.2) is 23.9 Å². The number of amides is 2. The average molecular weight is 301 g/mol. The Balaban J connectivity index is 1.56. The van der Waals surface area contributed by atoms with Gasteiger partial charge in [-0.05, 0) is 25.0 Å². The van der Waals surface area contributed by atoms with Gasteiger partial charge in [-0.3, -0.25) is 9.59 Å². The van der Waals surface area contributed by atoms with Crippen LogP contribution in [0.2, 0.25) is 0 Å². The van der Waals surface area contributed by atoms with Crippen LogP contribution in [-0.2, 0) is 9.59 Å². The van der Waals surface area contributed by atoms with Crippen LogP contribution in [0.5, 0.6) is 0 Å². The molecule has 1 atom stereocenters. The largest absolute Gasteiger partial charge is 0.372 e. The number of anilines is 2. The summed E-state index contributed by atoms with van der Waals surface area (Å²) in [6, 6.07) is 7.31. The number of rotatable bonds is 3. The molecule has 0 radical (unpaired) electrons. The highest BCUT2D eigenvalue weighted by Crippen LogP contribution is 2.26. The Morgan fingerprint density at radius 3 is 2.50 bits per heavy atom. The number of hydrogen-bond acceptors (Lipinski definition) is 3. The van der Waals surface area contributed by atoms with Gasteiger partial charge in [0, 0.05) is 6.04 Å². The van der Waals surface area contributed by atoms with Crippen molar-refractivity contribution in [3.8, 4) is 0 Å². The van der Waals surface area contributed by atoms with Crippen LogP contribution in [0, 0.1) is 0 Å². The number of carbonyl (C=O) groups is 2. The Kier molecular flexibility index (Phi) is 4.61. The molecule has 2 aliphatic rings. The first-order chi connectivity index (χ1) is 10.7. The highest BCUT2D eigenvalue weighted by atomic mass is 16.2. The van der Waals surface area contributed by atoms with Crippen molar-refractivity contribution in [3.05, 3.63) is 24.3 Å². The van der Waals surface area contributed by atoms with Crippen molar-refractivity contribution in [2.45, 2.75) is 57.0 Å². The SMILES string of the molecule is O=C(CC1Nc2ccccc2NC1=O)NC1CCCCCC1. The van der Waals surface area contributed by atoms with Gasteiger partial charge in [-0.1, -0.05) is 37.8 Å². The zero-order chi connectivity index (χ0) is 15.4. The molecule has 1 aromatic carbocycles. The summed E-state index contributed by atoms with van der Waals surface area (Å²) < 4.78 is 0. The van der Waals surface area contributed by atoms with Crippen LogP contribution >= 0.6 is 0 Å². The van der Waals surface area contributed by atoms with Crippen LogP contribution in [0.25, 0.3) is 0 Å². The van der Waals surface area contributed by atoms with E-state index in [4.69, 9.17) is 0 Å². The van der Waals surface area contributed by atoms with E-state index in [0.717, 1.165) is 24.2 Å². The summed E-state index contributed by atoms with van der Waals surface area (Å²) in [6.45, 7) is 0. The van der Waals surface area contributed by atoms with Crippen LogP contribution in [0.1, 0.15) is 44.9 Å². The molecule has 0 bridgehead atoms. The molecule has 3 rings (SSSR count). The molecular formula is C17H23N3O2. The normalized spacial score (nSPS) is 22.0. The minimum atomic E-state index is -0.499. The molecule has 0 aromatic heterocycles. The third-order valence-electron chi connectivity index (χ3n) is 4.44. The Morgan fingerprint density at radius 2 is 1.77 bits per heavy atom. The molecule has 22 heavy (non-hydrogen) atoms. The first-order valence-electron chi connectivity index (χ1n) is 8.18. The highest BCUT2D eigenvalue weighted by Gasteiger charge is 2.28. The van der Waals surface area contributed by atoms with E-state index in [2.05, 4.69) is 16.0 Å². The number of hydrogen-bond donors (Lipinski definition) is 3. The molecule has 1 aliphatic heterocycles. The van der Waals surface area contributed by atoms with Crippen LogP contribution in [0.3, 0.4) is 0 Å². The molecule has 3 N–H and O–H groups in total. The van der Waals surface area contributed by atoms with Gasteiger partial charge in [0.15, 0.2) is 0 Å². The van der Waals surface area contributed by atoms with Crippen molar-refractivity contribution in [2.75, 3.05) is 10.6 Å². The molecule has 118 valence electrons. The maximum Gasteiger partial charge on any atom is 0.247 e. The van der Waals surface area contributed by atoms with E-state index in [9.17, 15) is 9.59 Å². The lowest BCUT2D eigenvalue weighted by Crippen LogP contribution is -2.44. The van der Waals surface area contributed by atoms with Gasteiger partial charge in [-0.15, -0.1) is 0 Å². The summed E-state index contributed by atoms with van der Waals surface area (Å²) in [4.78, 5) is 24.3. The molecule has 5 nitrogen and oxygen atoms in total. The van der Waals surface area contributed by atoms with Gasteiger partial charge in [0.25, 0.3) is 0 Å². The second-order valence-electron chi connectivity index (χ2n) is 6.19. The highest BCUT2D eigenvalue weighted by molar-refractivity contribution is 6.04. The summed E-state index contributed by atoms with van der Waals surface area (Å²) in [5.41, 5.74) is 1.64. The molecule has 1 fully saturated rings. The number of para-hydroxylation sites is 2. The van der Waals surface area contributed by atoms with Crippen molar-refractivity contribution >= 4 is 23.2 Å². The quantitative estimate of drug-likeness (QED) is 0.752. The van der Waals surface area contributed by atoms with Gasteiger partial charge in [0.05, 0.1) is 17.8 Å². The number of carbonyl (C=O) groups excluding carboxylic acids is 2. The van der Waals surface area contributed by atoms with Gasteiger partial charge in [0.1, 0.15) is 6.04 Å². The maximum absolute atomic E-state index is 12.2. The van der Waals surface area contributed by atoms with Gasteiger partial charge in [0.2, 0.25) is 11.8 Å². The number of fused-ring (bicyclic) bond motifs is 1. The Labute approximate surface area is 130 Å². The van der Waals surface area contributed by atoms with E-state index in [1.165, 1.54) is 25.7 Å². The van der Waals surface area contributed by atoms with Gasteiger partial charge in [-0.2, -0.15) is 0 Å². The standard InChI is InChI=1S/C17H23N3O2/c21-16(18-12-7-3-1-2-4-8-12)11-15-17(22)20-14-10-6-5-9-13(14)19-15/h5-6,9-10,12,15,19H,1-4,7-8,11H2,(H,18,21)(H,20,22). The first kappa shape index (κ1) is 14.9. The molecule has 0 spiro atoms. The molecule has 5 heteroatoms. The van der Waals surface area contributed by atoms with Gasteiger partial charge < -0.3 is 16.0 Å². The van der Waals surface area contributed by atoms with E-state index >= 15 is 0 Å². The zero-order valence-corrected chi connectivity index (χ0v) is 12.7. The summed E-state index contributed by atoms with van der Waals surface area (Å²) in [7, 11) is 0. The van der Waals surface area contributed by atoms with E-state index in [1.54, 1.807) is 0 Å². The lowest BCUT2D eigenvalue weighted by molar-refractivity contribution is -0.125. The zero-order valence-electron chi connectivity index (χ0n) is 12.7. The molecule has 0 saturated heterocycles. The smallest absolute Gasteiger partial charge is 0.247 e. The van der Waals surface area contributed by atoms with Crippen molar-refractivity contribution in [3.63, 3.8) is 0 Å². The lowest BCUT2D eigenvalue weighted by atomic mass is 10.1. The molecule has 1 unspecified atom stereocenters. The van der Waals surface area contributed by atoms with Crippen molar-refractivity contribution < 1.29 is 9.59 Å². The summed E-state index contributed by atoms with van der Waals surface area (Å²) in [5, 5.41) is 9.09. The lowest BCUT2D eigenvalue weighted by Gasteiger charge is -2.27. The molecule has 1 aromatic rings. The van der Waals surface area contributed by atoms with Crippen LogP contribution < -0.4 is 16.0 Å². The Hall–Kier alpha value is -2.04. The monoisotopic (exact) mass is 301 g/mol. The second-order valence-corrected chi connectivity index (χ2v) is 6.19.